The first kappa shape index (κ1) is 62.9. The van der Waals surface area contributed by atoms with Crippen molar-refractivity contribution in [2.45, 2.75) is 155 Å². The maximum atomic E-state index is 14.4. The lowest BCUT2D eigenvalue weighted by Crippen LogP contribution is -2.61. The molecule has 1 rings (SSSR count). The molecule has 0 heterocycles. The number of phenolic OH excluding ortho intramolecular Hbond substituents is 1. The summed E-state index contributed by atoms with van der Waals surface area (Å²) < 4.78 is 0. The van der Waals surface area contributed by atoms with Crippen LogP contribution in [-0.2, 0) is 54.4 Å². The number of aliphatic hydroxyl groups is 1. The number of nitrogens with two attached hydrogens (primary N) is 3. The van der Waals surface area contributed by atoms with Crippen molar-refractivity contribution in [3.05, 3.63) is 29.8 Å². The van der Waals surface area contributed by atoms with Gasteiger partial charge in [0.15, 0.2) is 5.96 Å². The van der Waals surface area contributed by atoms with Crippen LogP contribution in [0.3, 0.4) is 0 Å². The SMILES string of the molecule is CC[C@H](C)[C@H](NC(=O)[C@H](Cc1ccc(O)cc1)NC(=O)[C@H](CCC(=O)O)NC(=O)[C@@H](NC(=O)[C@H](C)NC(=O)[C@@H](N)CO)C(C)C)C(=O)N[C@@H](CCCN=C(N)N)C(=O)N[C@@H](C)C(=O)N[C@@H](CC(C)C)C(=O)O. The lowest BCUT2D eigenvalue weighted by atomic mass is 9.96. The summed E-state index contributed by atoms with van der Waals surface area (Å²) in [6, 6.07) is -6.73. The predicted octanol–water partition coefficient (Wildman–Crippen LogP) is -3.08. The molecular weight excluding hydrogens is 945 g/mol. The van der Waals surface area contributed by atoms with Gasteiger partial charge in [0.1, 0.15) is 60.1 Å². The summed E-state index contributed by atoms with van der Waals surface area (Å²) >= 11 is 0. The minimum absolute atomic E-state index is 0.0406. The molecule has 0 aromatic heterocycles. The van der Waals surface area contributed by atoms with E-state index < -0.39 is 145 Å². The molecule has 26 nitrogen and oxygen atoms in total. The minimum Gasteiger partial charge on any atom is -0.508 e. The van der Waals surface area contributed by atoms with E-state index in [1.165, 1.54) is 38.1 Å². The monoisotopic (exact) mass is 1020 g/mol. The Morgan fingerprint density at radius 1 is 0.597 bits per heavy atom. The highest BCUT2D eigenvalue weighted by molar-refractivity contribution is 5.98. The Kier molecular flexibility index (Phi) is 27.3. The Labute approximate surface area is 418 Å². The average molecular weight is 1020 g/mol. The zero-order valence-corrected chi connectivity index (χ0v) is 42.2. The highest BCUT2D eigenvalue weighted by Gasteiger charge is 2.36. The molecule has 0 saturated carbocycles. The van der Waals surface area contributed by atoms with Gasteiger partial charge in [-0.05, 0) is 75.0 Å². The Bertz CT molecular complexity index is 2050. The molecule has 10 atom stereocenters. The smallest absolute Gasteiger partial charge is 0.326 e. The summed E-state index contributed by atoms with van der Waals surface area (Å²) in [7, 11) is 0. The van der Waals surface area contributed by atoms with Crippen LogP contribution in [0.25, 0.3) is 0 Å². The molecule has 404 valence electrons. The Morgan fingerprint density at radius 3 is 1.57 bits per heavy atom. The van der Waals surface area contributed by atoms with Gasteiger partial charge in [0.25, 0.3) is 0 Å². The van der Waals surface area contributed by atoms with Crippen molar-refractivity contribution in [1.82, 2.24) is 42.5 Å². The standard InChI is InChI=1S/C46H76N12O14/c1-9-24(6)36(44(70)53-30(11-10-18-50-46(48)49)40(66)52-25(7)37(63)56-33(45(71)72)19-22(2)3)58-42(68)32(20-27-12-14-28(60)15-13-27)55-41(67)31(16-17-34(61)62)54-43(69)35(23(4)5)57-38(64)26(8)51-39(65)29(47)21-59/h12-15,22-26,29-33,35-36,59-60H,9-11,16-21,47H2,1-8H3,(H,51,65)(H,52,66)(H,53,70)(H,54,69)(H,55,67)(H,56,63)(H,57,64)(H,58,68)(H,61,62)(H,71,72)(H4,48,49,50)/t24-,25-,26-,29-,30-,31-,32-,33-,35-,36-/m0/s1. The molecule has 0 bridgehead atoms. The number of carbonyl (C=O) groups excluding carboxylic acids is 8. The van der Waals surface area contributed by atoms with E-state index in [-0.39, 0.29) is 49.9 Å². The van der Waals surface area contributed by atoms with Gasteiger partial charge in [0.05, 0.1) is 6.61 Å². The van der Waals surface area contributed by atoms with Gasteiger partial charge in [-0.2, -0.15) is 0 Å². The molecule has 8 amide bonds. The molecule has 1 aromatic rings. The molecular formula is C46H76N12O14. The molecule has 0 aliphatic carbocycles. The van der Waals surface area contributed by atoms with E-state index in [2.05, 4.69) is 47.5 Å². The number of benzene rings is 1. The zero-order valence-electron chi connectivity index (χ0n) is 42.2. The van der Waals surface area contributed by atoms with E-state index in [4.69, 9.17) is 17.2 Å². The van der Waals surface area contributed by atoms with Crippen LogP contribution in [0, 0.1) is 17.8 Å². The van der Waals surface area contributed by atoms with Gasteiger partial charge in [-0.25, -0.2) is 4.79 Å². The summed E-state index contributed by atoms with van der Waals surface area (Å²) in [5, 5.41) is 58.3. The lowest BCUT2D eigenvalue weighted by molar-refractivity contribution is -0.142. The molecule has 0 aliphatic heterocycles. The van der Waals surface area contributed by atoms with Gasteiger partial charge in [-0.15, -0.1) is 0 Å². The molecule has 0 aliphatic rings. The largest absolute Gasteiger partial charge is 0.508 e. The number of carboxylic acid groups (broad SMARTS) is 2. The molecule has 0 radical (unpaired) electrons. The van der Waals surface area contributed by atoms with Crippen LogP contribution in [0.4, 0.5) is 0 Å². The number of aliphatic carboxylic acids is 2. The van der Waals surface area contributed by atoms with E-state index in [0.717, 1.165) is 0 Å². The number of guanidine groups is 1. The van der Waals surface area contributed by atoms with Crippen molar-refractivity contribution in [3.63, 3.8) is 0 Å². The highest BCUT2D eigenvalue weighted by Crippen LogP contribution is 2.15. The van der Waals surface area contributed by atoms with Crippen LogP contribution >= 0.6 is 0 Å². The summed E-state index contributed by atoms with van der Waals surface area (Å²) in [6.07, 6.45) is -0.914. The highest BCUT2D eigenvalue weighted by atomic mass is 16.4. The van der Waals surface area contributed by atoms with Crippen molar-refractivity contribution >= 4 is 65.2 Å². The number of nitrogens with zero attached hydrogens (tertiary/aromatic N) is 1. The normalized spacial score (nSPS) is 15.3. The Balaban J connectivity index is 3.58. The molecule has 72 heavy (non-hydrogen) atoms. The van der Waals surface area contributed by atoms with Crippen molar-refractivity contribution in [2.24, 2.45) is 39.9 Å². The molecule has 0 fully saturated rings. The summed E-state index contributed by atoms with van der Waals surface area (Å²) in [5.41, 5.74) is 16.8. The number of carbonyl (C=O) groups is 10. The predicted molar refractivity (Wildman–Crippen MR) is 262 cm³/mol. The first-order chi connectivity index (χ1) is 33.6. The number of aliphatic imine (C=N–C) groups is 1. The number of rotatable bonds is 32. The van der Waals surface area contributed by atoms with Crippen molar-refractivity contribution in [3.8, 4) is 5.75 Å². The topological polar surface area (TPSA) is 438 Å². The van der Waals surface area contributed by atoms with E-state index in [1.54, 1.807) is 41.5 Å². The van der Waals surface area contributed by atoms with Gasteiger partial charge in [0.2, 0.25) is 47.3 Å². The number of aliphatic hydroxyl groups excluding tert-OH is 1. The molecule has 0 saturated heterocycles. The first-order valence-electron chi connectivity index (χ1n) is 23.7. The number of aromatic hydroxyl groups is 1. The molecule has 1 aromatic carbocycles. The maximum absolute atomic E-state index is 14.4. The third-order valence-electron chi connectivity index (χ3n) is 11.3. The van der Waals surface area contributed by atoms with Crippen LogP contribution in [-0.4, -0.2) is 153 Å². The minimum atomic E-state index is -1.62. The van der Waals surface area contributed by atoms with Gasteiger partial charge >= 0.3 is 11.9 Å². The fraction of sp³-hybridized carbons (Fsp3) is 0.630. The van der Waals surface area contributed by atoms with Crippen molar-refractivity contribution < 1.29 is 68.4 Å². The quantitative estimate of drug-likeness (QED) is 0.0193. The van der Waals surface area contributed by atoms with Crippen LogP contribution in [0.15, 0.2) is 29.3 Å². The number of hydrogen-bond acceptors (Lipinski definition) is 14. The van der Waals surface area contributed by atoms with Crippen LogP contribution in [0.2, 0.25) is 0 Å². The second-order valence-electron chi connectivity index (χ2n) is 18.3. The average Bonchev–Trinajstić information content (AvgIpc) is 3.30. The van der Waals surface area contributed by atoms with Crippen LogP contribution < -0.4 is 59.7 Å². The number of nitrogens with one attached hydrogen (secondary N) is 8. The fourth-order valence-electron chi connectivity index (χ4n) is 6.79. The van der Waals surface area contributed by atoms with Gasteiger partial charge in [0, 0.05) is 19.4 Å². The number of phenols is 1. The van der Waals surface area contributed by atoms with Crippen molar-refractivity contribution in [2.75, 3.05) is 13.2 Å². The number of carboxylic acids is 2. The van der Waals surface area contributed by atoms with E-state index in [0.29, 0.717) is 12.0 Å². The maximum Gasteiger partial charge on any atom is 0.326 e. The van der Waals surface area contributed by atoms with Gasteiger partial charge in [-0.3, -0.25) is 48.1 Å². The summed E-state index contributed by atoms with van der Waals surface area (Å²) in [6.45, 7) is 12.0. The van der Waals surface area contributed by atoms with E-state index >= 15 is 0 Å². The summed E-state index contributed by atoms with van der Waals surface area (Å²) in [5.74, 6) is -11.4. The van der Waals surface area contributed by atoms with Crippen LogP contribution in [0.5, 0.6) is 5.75 Å². The fourth-order valence-corrected chi connectivity index (χ4v) is 6.79. The lowest BCUT2D eigenvalue weighted by Gasteiger charge is -2.30. The first-order valence-corrected chi connectivity index (χ1v) is 23.7. The van der Waals surface area contributed by atoms with E-state index in [1.807, 2.05) is 0 Å². The molecule has 18 N–H and O–H groups in total. The second-order valence-corrected chi connectivity index (χ2v) is 18.3. The van der Waals surface area contributed by atoms with Gasteiger partial charge in [-0.1, -0.05) is 60.1 Å². The zero-order chi connectivity index (χ0) is 55.0. The second kappa shape index (κ2) is 31.3. The molecule has 26 heteroatoms. The van der Waals surface area contributed by atoms with Gasteiger partial charge < -0.3 is 80.2 Å². The Morgan fingerprint density at radius 2 is 1.07 bits per heavy atom. The molecule has 0 unspecified atom stereocenters. The van der Waals surface area contributed by atoms with E-state index in [9.17, 15) is 68.4 Å². The third-order valence-corrected chi connectivity index (χ3v) is 11.3. The number of amides is 8. The van der Waals surface area contributed by atoms with Crippen molar-refractivity contribution in [1.29, 1.82) is 0 Å². The summed E-state index contributed by atoms with van der Waals surface area (Å²) in [4.78, 5) is 136. The van der Waals surface area contributed by atoms with Crippen LogP contribution in [0.1, 0.15) is 99.5 Å². The Hall–Kier alpha value is -7.09. The third kappa shape index (κ3) is 22.8. The molecule has 0 spiro atoms. The number of hydrogen-bond donors (Lipinski definition) is 15.